The lowest BCUT2D eigenvalue weighted by atomic mass is 9.92. The summed E-state index contributed by atoms with van der Waals surface area (Å²) >= 11 is 5.93. The quantitative estimate of drug-likeness (QED) is 0.0971. The number of imide groups is 4. The third-order valence-corrected chi connectivity index (χ3v) is 17.7. The number of carbonyl (C=O) groups is 11. The molecule has 0 unspecified atom stereocenters. The number of imidazole rings is 1. The van der Waals surface area contributed by atoms with Crippen LogP contribution in [0.15, 0.2) is 24.7 Å². The summed E-state index contributed by atoms with van der Waals surface area (Å²) in [4.78, 5) is 146. The van der Waals surface area contributed by atoms with Crippen molar-refractivity contribution in [2.24, 2.45) is 5.41 Å². The summed E-state index contributed by atoms with van der Waals surface area (Å²) in [6.45, 7) is 37.4. The molecule has 0 radical (unpaired) electrons. The second-order valence-corrected chi connectivity index (χ2v) is 30.8. The van der Waals surface area contributed by atoms with E-state index >= 15 is 0 Å². The number of aliphatic hydroxyl groups is 1. The zero-order chi connectivity index (χ0) is 71.9. The maximum atomic E-state index is 12.5. The van der Waals surface area contributed by atoms with Gasteiger partial charge in [-0.25, -0.2) is 33.8 Å². The standard InChI is InChI=1S/C16H27N3O4.C15H25N3O4.C11H19N3O2.C10H19NO3.C8H7ClN2.C6H9NO2.ClH/c1-15(2,3)23-14(22)18-9-7-11(8-10-18)19-12(20)16(4,5)17(6)13(19)21;1-14(2,3)22-13(21)17-8-6-10(7-9-17)18-11(19)15(4,5)16-12(18)20;1-11(2)9(15)14(10(16)13(11)3)8-4-6-12-7-5-8;1-10(2,3)14-9(13)11-6-4-8(12)5-7-11;1-6-2-7-4-10-5-11(7)8(9)3-6;1-6(2)3-4(8)7-5(6)9;/h11H,7-10H2,1-6H3;10H,6-9H2,1-5H3,(H,16,20);8,12H,4-7H2,1-3H3;8,12H,4-7H2,1-3H3;2-5H,1H3;3H2,1-2H3,(H,7,8,9);1H. The van der Waals surface area contributed by atoms with Gasteiger partial charge in [-0.15, -0.1) is 12.4 Å². The second kappa shape index (κ2) is 32.1. The predicted molar refractivity (Wildman–Crippen MR) is 362 cm³/mol. The number of fused-ring (bicyclic) bond motifs is 1. The van der Waals surface area contributed by atoms with Crippen LogP contribution < -0.4 is 16.0 Å². The van der Waals surface area contributed by atoms with Crippen LogP contribution in [-0.4, -0.2) is 244 Å². The first-order valence-electron chi connectivity index (χ1n) is 32.7. The van der Waals surface area contributed by atoms with Gasteiger partial charge >= 0.3 is 36.4 Å². The Balaban J connectivity index is 0.000000251. The van der Waals surface area contributed by atoms with Gasteiger partial charge in [-0.2, -0.15) is 0 Å². The minimum Gasteiger partial charge on any atom is -0.444 e. The monoisotopic (exact) mass is 1390 g/mol. The van der Waals surface area contributed by atoms with E-state index in [4.69, 9.17) is 25.8 Å². The fourth-order valence-electron chi connectivity index (χ4n) is 11.3. The summed E-state index contributed by atoms with van der Waals surface area (Å²) in [7, 11) is 3.34. The van der Waals surface area contributed by atoms with Crippen molar-refractivity contribution in [3.8, 4) is 0 Å². The Morgan fingerprint density at radius 1 is 0.573 bits per heavy atom. The van der Waals surface area contributed by atoms with E-state index in [0.717, 1.165) is 37.0 Å². The summed E-state index contributed by atoms with van der Waals surface area (Å²) in [5, 5.41) is 18.1. The largest absolute Gasteiger partial charge is 0.444 e. The molecule has 14 amide bonds. The minimum atomic E-state index is -0.848. The molecule has 8 fully saturated rings. The Labute approximate surface area is 576 Å². The highest BCUT2D eigenvalue weighted by Gasteiger charge is 2.54. The van der Waals surface area contributed by atoms with Crippen LogP contribution in [0.2, 0.25) is 5.15 Å². The highest BCUT2D eigenvalue weighted by Crippen LogP contribution is 2.33. The highest BCUT2D eigenvalue weighted by molar-refractivity contribution is 6.29. The first kappa shape index (κ1) is 81.4. The van der Waals surface area contributed by atoms with E-state index in [1.807, 2.05) is 85.8 Å². The molecular formula is C66H107Cl2N13O15. The van der Waals surface area contributed by atoms with Gasteiger partial charge in [0.05, 0.1) is 23.2 Å². The van der Waals surface area contributed by atoms with E-state index in [2.05, 4.69) is 20.9 Å². The predicted octanol–water partition coefficient (Wildman–Crippen LogP) is 8.34. The molecule has 30 heteroatoms. The summed E-state index contributed by atoms with van der Waals surface area (Å²) < 4.78 is 17.8. The Morgan fingerprint density at radius 3 is 1.26 bits per heavy atom. The number of aliphatic hydroxyl groups excluding tert-OH is 1. The number of likely N-dealkylation sites (tertiary alicyclic amines) is 3. The van der Waals surface area contributed by atoms with Crippen molar-refractivity contribution in [2.75, 3.05) is 66.5 Å². The van der Waals surface area contributed by atoms with E-state index in [1.54, 1.807) is 96.7 Å². The first-order valence-corrected chi connectivity index (χ1v) is 33.1. The van der Waals surface area contributed by atoms with E-state index in [-0.39, 0.29) is 103 Å². The van der Waals surface area contributed by atoms with Crippen molar-refractivity contribution < 1.29 is 72.1 Å². The SMILES string of the molecule is CC(C)(C)OC(=O)N1CCC(N2C(=O)NC(C)(C)C2=O)CC1.CC(C)(C)OC(=O)N1CCC(O)CC1.CC1(C)CC(=O)NC1=O.CN1C(=O)N(C2CCN(C(=O)OC(C)(C)C)CC2)C(=O)C1(C)C.CN1C(=O)N(C2CCNCC2)C(=O)C1(C)C.Cc1cc(Cl)n2cncc2c1.Cl. The number of urea groups is 3. The number of carbonyl (C=O) groups excluding carboxylic acids is 11. The van der Waals surface area contributed by atoms with Gasteiger partial charge in [0.2, 0.25) is 11.8 Å². The number of piperidine rings is 4. The molecule has 28 nitrogen and oxygen atoms in total. The number of amides is 14. The fourth-order valence-corrected chi connectivity index (χ4v) is 11.6. The molecule has 0 aromatic carbocycles. The number of aromatic nitrogens is 2. The number of nitrogens with one attached hydrogen (secondary N) is 3. The van der Waals surface area contributed by atoms with Crippen LogP contribution >= 0.6 is 24.0 Å². The van der Waals surface area contributed by atoms with Gasteiger partial charge in [-0.3, -0.25) is 48.4 Å². The number of pyridine rings is 1. The molecule has 8 saturated heterocycles. The highest BCUT2D eigenvalue weighted by atomic mass is 35.5. The van der Waals surface area contributed by atoms with Gasteiger partial charge < -0.3 is 54.5 Å². The van der Waals surface area contributed by atoms with E-state index in [9.17, 15) is 57.8 Å². The molecule has 4 N–H and O–H groups in total. The van der Waals surface area contributed by atoms with Crippen LogP contribution in [0.5, 0.6) is 0 Å². The number of halogens is 2. The van der Waals surface area contributed by atoms with Gasteiger partial charge in [-0.05, 0) is 193 Å². The van der Waals surface area contributed by atoms with E-state index < -0.39 is 38.8 Å². The minimum absolute atomic E-state index is 0. The molecule has 0 spiro atoms. The fraction of sp³-hybridized carbons (Fsp3) is 0.727. The molecule has 96 heavy (non-hydrogen) atoms. The number of rotatable bonds is 3. The Morgan fingerprint density at radius 2 is 0.948 bits per heavy atom. The van der Waals surface area contributed by atoms with Gasteiger partial charge in [0.1, 0.15) is 44.9 Å². The lowest BCUT2D eigenvalue weighted by Crippen LogP contribution is -2.50. The molecular weight excluding hydrogens is 1290 g/mol. The molecule has 8 aliphatic heterocycles. The molecule has 0 aliphatic carbocycles. The maximum absolute atomic E-state index is 12.5. The average Bonchev–Trinajstić information content (AvgIpc) is 1.62. The van der Waals surface area contributed by atoms with Crippen molar-refractivity contribution in [3.05, 3.63) is 35.4 Å². The zero-order valence-electron chi connectivity index (χ0n) is 60.1. The second-order valence-electron chi connectivity index (χ2n) is 30.4. The van der Waals surface area contributed by atoms with Crippen LogP contribution in [0, 0.1) is 12.3 Å². The lowest BCUT2D eigenvalue weighted by Gasteiger charge is -2.36. The van der Waals surface area contributed by atoms with Crippen LogP contribution in [-0.2, 0) is 38.2 Å². The number of ether oxygens (including phenoxy) is 3. The first-order chi connectivity index (χ1) is 43.6. The summed E-state index contributed by atoms with van der Waals surface area (Å²) in [5.74, 6) is -0.752. The van der Waals surface area contributed by atoms with Gasteiger partial charge in [0, 0.05) is 77.9 Å². The van der Waals surface area contributed by atoms with Crippen LogP contribution in [0.1, 0.15) is 181 Å². The molecule has 0 saturated carbocycles. The topological polar surface area (TPSA) is 315 Å². The Kier molecular flexibility index (Phi) is 27.2. The molecule has 0 atom stereocenters. The smallest absolute Gasteiger partial charge is 0.410 e. The molecule has 10 heterocycles. The number of nitrogens with zero attached hydrogens (tertiary/aromatic N) is 10. The summed E-state index contributed by atoms with van der Waals surface area (Å²) in [6, 6.07) is 2.97. The van der Waals surface area contributed by atoms with Gasteiger partial charge in [0.25, 0.3) is 17.7 Å². The van der Waals surface area contributed by atoms with Crippen molar-refractivity contribution >= 4 is 95.4 Å². The number of hydrogen-bond acceptors (Lipinski definition) is 17. The molecule has 10 rings (SSSR count). The van der Waals surface area contributed by atoms with E-state index in [1.165, 1.54) is 24.5 Å². The normalized spacial score (nSPS) is 21.5. The number of aryl methyl sites for hydroxylation is 1. The molecule has 540 valence electrons. The zero-order valence-corrected chi connectivity index (χ0v) is 61.6. The third kappa shape index (κ3) is 21.2. The average molecular weight is 1390 g/mol. The number of likely N-dealkylation sites (N-methyl/N-ethyl adjacent to an activating group) is 2. The van der Waals surface area contributed by atoms with Crippen LogP contribution in [0.4, 0.5) is 28.8 Å². The van der Waals surface area contributed by atoms with Crippen LogP contribution in [0.3, 0.4) is 0 Å². The van der Waals surface area contributed by atoms with Crippen LogP contribution in [0.25, 0.3) is 5.52 Å². The van der Waals surface area contributed by atoms with Crippen molar-refractivity contribution in [2.45, 2.75) is 240 Å². The molecule has 8 aliphatic rings. The maximum Gasteiger partial charge on any atom is 0.410 e. The van der Waals surface area contributed by atoms with Crippen molar-refractivity contribution in [1.29, 1.82) is 0 Å². The third-order valence-electron chi connectivity index (χ3n) is 17.4. The van der Waals surface area contributed by atoms with Gasteiger partial charge in [0.15, 0.2) is 0 Å². The van der Waals surface area contributed by atoms with E-state index in [0.29, 0.717) is 89.4 Å². The lowest BCUT2D eigenvalue weighted by molar-refractivity contribution is -0.134. The molecule has 2 aromatic heterocycles. The number of hydrogen-bond donors (Lipinski definition) is 4. The Bertz CT molecular complexity index is 3140. The van der Waals surface area contributed by atoms with Gasteiger partial charge in [-0.1, -0.05) is 25.4 Å². The summed E-state index contributed by atoms with van der Waals surface area (Å²) in [6.07, 6.45) is 7.96. The van der Waals surface area contributed by atoms with Crippen molar-refractivity contribution in [3.63, 3.8) is 0 Å². The van der Waals surface area contributed by atoms with Crippen molar-refractivity contribution in [1.82, 2.24) is 64.5 Å². The molecule has 0 bridgehead atoms. The Hall–Kier alpha value is -7.04. The molecule has 2 aromatic rings. The summed E-state index contributed by atoms with van der Waals surface area (Å²) in [5.41, 5.74) is -2.12.